The molecule has 0 amide bonds. The lowest BCUT2D eigenvalue weighted by Crippen LogP contribution is -2.43. The summed E-state index contributed by atoms with van der Waals surface area (Å²) in [6.45, 7) is 5.13. The fourth-order valence-electron chi connectivity index (χ4n) is 3.38. The van der Waals surface area contributed by atoms with Crippen LogP contribution in [0.5, 0.6) is 5.75 Å². The van der Waals surface area contributed by atoms with Crippen molar-refractivity contribution in [1.29, 1.82) is 0 Å². The van der Waals surface area contributed by atoms with Gasteiger partial charge in [-0.2, -0.15) is 0 Å². The van der Waals surface area contributed by atoms with Crippen molar-refractivity contribution in [2.45, 2.75) is 25.3 Å². The first-order chi connectivity index (χ1) is 12.6. The number of aliphatic imine (C=N–C) groups is 1. The molecule has 2 N–H and O–H groups in total. The number of hydrogen-bond donors (Lipinski definition) is 2. The summed E-state index contributed by atoms with van der Waals surface area (Å²) in [6.07, 6.45) is 3.65. The highest BCUT2D eigenvalue weighted by Crippen LogP contribution is 2.27. The Balaban J connectivity index is 1.95. The van der Waals surface area contributed by atoms with E-state index in [2.05, 4.69) is 57.7 Å². The molecule has 0 aromatic heterocycles. The van der Waals surface area contributed by atoms with E-state index < -0.39 is 0 Å². The number of likely N-dealkylation sites (tertiary alicyclic amines) is 1. The zero-order chi connectivity index (χ0) is 18.8. The molecule has 1 aliphatic rings. The summed E-state index contributed by atoms with van der Waals surface area (Å²) in [7, 11) is 7.75. The Morgan fingerprint density at radius 3 is 2.69 bits per heavy atom. The summed E-state index contributed by atoms with van der Waals surface area (Å²) in [5.74, 6) is 1.79. The van der Waals surface area contributed by atoms with E-state index in [1.807, 2.05) is 13.1 Å². The van der Waals surface area contributed by atoms with E-state index in [1.165, 1.54) is 18.4 Å². The predicted octanol–water partition coefficient (Wildman–Crippen LogP) is 1.95. The molecule has 26 heavy (non-hydrogen) atoms. The van der Waals surface area contributed by atoms with Gasteiger partial charge in [0.2, 0.25) is 0 Å². The Labute approximate surface area is 158 Å². The molecule has 0 bridgehead atoms. The van der Waals surface area contributed by atoms with Crippen molar-refractivity contribution in [2.75, 3.05) is 61.0 Å². The molecule has 1 unspecified atom stereocenters. The Hall–Kier alpha value is -1.79. The summed E-state index contributed by atoms with van der Waals surface area (Å²) >= 11 is 0. The maximum absolute atomic E-state index is 5.42. The highest BCUT2D eigenvalue weighted by Gasteiger charge is 2.24. The largest absolute Gasteiger partial charge is 0.497 e. The number of nitrogens with one attached hydrogen (secondary N) is 2. The van der Waals surface area contributed by atoms with Crippen LogP contribution in [-0.4, -0.2) is 76.7 Å². The molecule has 1 saturated heterocycles. The predicted molar refractivity (Wildman–Crippen MR) is 109 cm³/mol. The lowest BCUT2D eigenvalue weighted by Gasteiger charge is -2.29. The molecule has 1 heterocycles. The van der Waals surface area contributed by atoms with Crippen LogP contribution in [-0.2, 0) is 0 Å². The molecular weight excluding hydrogens is 326 g/mol. The summed E-state index contributed by atoms with van der Waals surface area (Å²) in [6, 6.07) is 8.75. The third kappa shape index (κ3) is 6.50. The summed E-state index contributed by atoms with van der Waals surface area (Å²) < 4.78 is 5.42. The SMILES string of the molecule is CN=C(NCCCN(C)C)NCC(c1cccc(OC)c1)N1CCCC1. The molecule has 2 rings (SSSR count). The fraction of sp³-hybridized carbons (Fsp3) is 0.650. The summed E-state index contributed by atoms with van der Waals surface area (Å²) in [4.78, 5) is 9.12. The van der Waals surface area contributed by atoms with Crippen LogP contribution in [0.2, 0.25) is 0 Å². The molecular formula is C20H35N5O. The quantitative estimate of drug-likeness (QED) is 0.400. The number of benzene rings is 1. The second-order valence-corrected chi connectivity index (χ2v) is 7.07. The third-order valence-corrected chi connectivity index (χ3v) is 4.82. The van der Waals surface area contributed by atoms with Gasteiger partial charge in [-0.1, -0.05) is 12.1 Å². The van der Waals surface area contributed by atoms with E-state index in [1.54, 1.807) is 7.11 Å². The van der Waals surface area contributed by atoms with Crippen molar-refractivity contribution >= 4 is 5.96 Å². The first-order valence-corrected chi connectivity index (χ1v) is 9.61. The Kier molecular flexibility index (Phi) is 8.71. The minimum Gasteiger partial charge on any atom is -0.497 e. The number of methoxy groups -OCH3 is 1. The normalized spacial score (nSPS) is 16.7. The van der Waals surface area contributed by atoms with Crippen LogP contribution in [0.25, 0.3) is 0 Å². The van der Waals surface area contributed by atoms with Crippen LogP contribution in [0.4, 0.5) is 0 Å². The molecule has 1 aliphatic heterocycles. The van der Waals surface area contributed by atoms with Gasteiger partial charge < -0.3 is 20.3 Å². The molecule has 6 nitrogen and oxygen atoms in total. The van der Waals surface area contributed by atoms with E-state index in [9.17, 15) is 0 Å². The molecule has 0 aliphatic carbocycles. The van der Waals surface area contributed by atoms with Gasteiger partial charge in [-0.25, -0.2) is 0 Å². The fourth-order valence-corrected chi connectivity index (χ4v) is 3.38. The van der Waals surface area contributed by atoms with Crippen LogP contribution in [0.3, 0.4) is 0 Å². The number of guanidine groups is 1. The van der Waals surface area contributed by atoms with Gasteiger partial charge in [-0.05, 0) is 70.7 Å². The van der Waals surface area contributed by atoms with Gasteiger partial charge in [-0.15, -0.1) is 0 Å². The Morgan fingerprint density at radius 2 is 2.04 bits per heavy atom. The molecule has 1 atom stereocenters. The standard InChI is InChI=1S/C20H35N5O/c1-21-20(22-11-8-12-24(2)3)23-16-19(25-13-5-6-14-25)17-9-7-10-18(15-17)26-4/h7,9-10,15,19H,5-6,8,11-14,16H2,1-4H3,(H2,21,22,23). The average molecular weight is 362 g/mol. The zero-order valence-electron chi connectivity index (χ0n) is 16.8. The maximum Gasteiger partial charge on any atom is 0.191 e. The third-order valence-electron chi connectivity index (χ3n) is 4.82. The van der Waals surface area contributed by atoms with Gasteiger partial charge in [0.05, 0.1) is 13.2 Å². The monoisotopic (exact) mass is 361 g/mol. The molecule has 1 aromatic carbocycles. The highest BCUT2D eigenvalue weighted by atomic mass is 16.5. The first kappa shape index (κ1) is 20.5. The van der Waals surface area contributed by atoms with Crippen molar-refractivity contribution in [3.63, 3.8) is 0 Å². The van der Waals surface area contributed by atoms with E-state index >= 15 is 0 Å². The van der Waals surface area contributed by atoms with Crippen LogP contribution >= 0.6 is 0 Å². The van der Waals surface area contributed by atoms with Crippen LogP contribution in [0.1, 0.15) is 30.9 Å². The second kappa shape index (κ2) is 11.0. The van der Waals surface area contributed by atoms with Gasteiger partial charge in [0, 0.05) is 20.1 Å². The zero-order valence-corrected chi connectivity index (χ0v) is 16.8. The van der Waals surface area contributed by atoms with Crippen LogP contribution in [0, 0.1) is 0 Å². The van der Waals surface area contributed by atoms with Gasteiger partial charge in [0.1, 0.15) is 5.75 Å². The minimum absolute atomic E-state index is 0.327. The topological polar surface area (TPSA) is 52.1 Å². The van der Waals surface area contributed by atoms with Gasteiger partial charge in [-0.3, -0.25) is 9.89 Å². The summed E-state index contributed by atoms with van der Waals surface area (Å²) in [5.41, 5.74) is 1.29. The molecule has 0 saturated carbocycles. The smallest absolute Gasteiger partial charge is 0.191 e. The van der Waals surface area contributed by atoms with E-state index in [4.69, 9.17) is 4.74 Å². The molecule has 0 spiro atoms. The molecule has 1 fully saturated rings. The number of hydrogen-bond acceptors (Lipinski definition) is 4. The molecule has 6 heteroatoms. The molecule has 1 aromatic rings. The minimum atomic E-state index is 0.327. The van der Waals surface area contributed by atoms with Gasteiger partial charge >= 0.3 is 0 Å². The lowest BCUT2D eigenvalue weighted by molar-refractivity contribution is 0.245. The lowest BCUT2D eigenvalue weighted by atomic mass is 10.1. The van der Waals surface area contributed by atoms with Gasteiger partial charge in [0.15, 0.2) is 5.96 Å². The van der Waals surface area contributed by atoms with E-state index in [0.29, 0.717) is 6.04 Å². The Bertz CT molecular complexity index is 555. The summed E-state index contributed by atoms with van der Waals surface area (Å²) in [5, 5.41) is 6.93. The van der Waals surface area contributed by atoms with Crippen molar-refractivity contribution in [2.24, 2.45) is 4.99 Å². The van der Waals surface area contributed by atoms with Crippen molar-refractivity contribution in [1.82, 2.24) is 20.4 Å². The van der Waals surface area contributed by atoms with E-state index in [-0.39, 0.29) is 0 Å². The van der Waals surface area contributed by atoms with Crippen LogP contribution < -0.4 is 15.4 Å². The first-order valence-electron chi connectivity index (χ1n) is 9.61. The average Bonchev–Trinajstić information content (AvgIpc) is 3.18. The molecule has 146 valence electrons. The van der Waals surface area contributed by atoms with Gasteiger partial charge in [0.25, 0.3) is 0 Å². The van der Waals surface area contributed by atoms with Crippen LogP contribution in [0.15, 0.2) is 29.3 Å². The number of ether oxygens (including phenoxy) is 1. The maximum atomic E-state index is 5.42. The highest BCUT2D eigenvalue weighted by molar-refractivity contribution is 5.79. The van der Waals surface area contributed by atoms with Crippen molar-refractivity contribution in [3.05, 3.63) is 29.8 Å². The molecule has 0 radical (unpaired) electrons. The van der Waals surface area contributed by atoms with Crippen molar-refractivity contribution in [3.8, 4) is 5.75 Å². The number of nitrogens with zero attached hydrogens (tertiary/aromatic N) is 3. The Morgan fingerprint density at radius 1 is 1.27 bits per heavy atom. The second-order valence-electron chi connectivity index (χ2n) is 7.07. The number of rotatable bonds is 9. The van der Waals surface area contributed by atoms with E-state index in [0.717, 1.165) is 50.9 Å². The van der Waals surface area contributed by atoms with Crippen molar-refractivity contribution < 1.29 is 4.74 Å².